The maximum Gasteiger partial charge on any atom is 0.248 e. The number of para-hydroxylation sites is 1. The monoisotopic (exact) mass is 414 g/mol. The summed E-state index contributed by atoms with van der Waals surface area (Å²) in [6.07, 6.45) is 4.38. The summed E-state index contributed by atoms with van der Waals surface area (Å²) >= 11 is 0. The first-order valence-corrected chi connectivity index (χ1v) is 7.58. The highest BCUT2D eigenvalue weighted by Crippen LogP contribution is 2.27. The summed E-state index contributed by atoms with van der Waals surface area (Å²) in [6, 6.07) is 8.61. The summed E-state index contributed by atoms with van der Waals surface area (Å²) in [7, 11) is 1.94. The molecule has 1 heterocycles. The molecular weight excluding hydrogens is 391 g/mol. The molecule has 5 nitrogen and oxygen atoms in total. The smallest absolute Gasteiger partial charge is 0.248 e. The van der Waals surface area contributed by atoms with E-state index in [0.717, 1.165) is 25.1 Å². The van der Waals surface area contributed by atoms with Gasteiger partial charge in [0.05, 0.1) is 0 Å². The summed E-state index contributed by atoms with van der Waals surface area (Å²) in [5, 5.41) is 0. The summed E-state index contributed by atoms with van der Waals surface area (Å²) in [5.41, 5.74) is 8.20. The highest BCUT2D eigenvalue weighted by Gasteiger charge is 2.28. The first-order chi connectivity index (χ1) is 10.2. The fraction of sp³-hybridized carbons (Fsp3) is 0.500. The van der Waals surface area contributed by atoms with E-state index in [1.807, 2.05) is 35.0 Å². The second kappa shape index (κ2) is 7.30. The average molecular weight is 414 g/mol. The van der Waals surface area contributed by atoms with Gasteiger partial charge in [-0.05, 0) is 37.3 Å². The van der Waals surface area contributed by atoms with Crippen molar-refractivity contribution in [2.45, 2.75) is 31.7 Å². The highest BCUT2D eigenvalue weighted by atomic mass is 127. The Bertz CT molecular complexity index is 571. The van der Waals surface area contributed by atoms with Crippen molar-refractivity contribution in [2.75, 3.05) is 25.0 Å². The minimum Gasteiger partial charge on any atom is -0.370 e. The third kappa shape index (κ3) is 3.71. The molecule has 0 bridgehead atoms. The van der Waals surface area contributed by atoms with E-state index in [1.165, 1.54) is 18.4 Å². The molecule has 0 unspecified atom stereocenters. The van der Waals surface area contributed by atoms with Gasteiger partial charge in [0.2, 0.25) is 5.91 Å². The van der Waals surface area contributed by atoms with Gasteiger partial charge in [-0.1, -0.05) is 18.2 Å². The number of carbonyl (C=O) groups excluding carboxylic acids is 1. The third-order valence-corrected chi connectivity index (χ3v) is 4.24. The molecule has 1 fully saturated rings. The van der Waals surface area contributed by atoms with Gasteiger partial charge >= 0.3 is 0 Å². The van der Waals surface area contributed by atoms with Crippen LogP contribution in [0, 0.1) is 0 Å². The molecule has 0 spiro atoms. The van der Waals surface area contributed by atoms with Crippen molar-refractivity contribution in [3.05, 3.63) is 29.8 Å². The lowest BCUT2D eigenvalue weighted by atomic mass is 10.0. The molecule has 1 aromatic rings. The molecule has 2 aliphatic rings. The first kappa shape index (κ1) is 17.1. The second-order valence-electron chi connectivity index (χ2n) is 5.79. The van der Waals surface area contributed by atoms with E-state index in [9.17, 15) is 4.79 Å². The normalized spacial score (nSPS) is 17.5. The fourth-order valence-electron chi connectivity index (χ4n) is 2.79. The van der Waals surface area contributed by atoms with Crippen LogP contribution in [0.4, 0.5) is 5.69 Å². The molecule has 1 amide bonds. The number of guanidine groups is 1. The summed E-state index contributed by atoms with van der Waals surface area (Å²) < 4.78 is 0. The number of hydrogen-bond donors (Lipinski definition) is 1. The highest BCUT2D eigenvalue weighted by molar-refractivity contribution is 14.0. The number of amides is 1. The number of nitrogens with zero attached hydrogens (tertiary/aromatic N) is 3. The average Bonchev–Trinajstić information content (AvgIpc) is 3.35. The topological polar surface area (TPSA) is 61.9 Å². The Labute approximate surface area is 148 Å². The predicted octanol–water partition coefficient (Wildman–Crippen LogP) is 1.99. The van der Waals surface area contributed by atoms with Crippen LogP contribution in [0.25, 0.3) is 0 Å². The van der Waals surface area contributed by atoms with Gasteiger partial charge in [0, 0.05) is 25.3 Å². The molecule has 0 atom stereocenters. The maximum atomic E-state index is 12.4. The van der Waals surface area contributed by atoms with Crippen LogP contribution in [0.1, 0.15) is 24.8 Å². The fourth-order valence-corrected chi connectivity index (χ4v) is 2.79. The zero-order valence-electron chi connectivity index (χ0n) is 12.9. The zero-order valence-corrected chi connectivity index (χ0v) is 15.2. The van der Waals surface area contributed by atoms with E-state index < -0.39 is 0 Å². The van der Waals surface area contributed by atoms with E-state index >= 15 is 0 Å². The Morgan fingerprint density at radius 2 is 2.14 bits per heavy atom. The molecule has 22 heavy (non-hydrogen) atoms. The quantitative estimate of drug-likeness (QED) is 0.468. The van der Waals surface area contributed by atoms with Crippen molar-refractivity contribution >= 4 is 41.5 Å². The first-order valence-electron chi connectivity index (χ1n) is 7.58. The van der Waals surface area contributed by atoms with Crippen LogP contribution in [-0.4, -0.2) is 42.9 Å². The molecule has 1 saturated carbocycles. The number of halogens is 1. The van der Waals surface area contributed by atoms with Crippen LogP contribution in [0.5, 0.6) is 0 Å². The summed E-state index contributed by atoms with van der Waals surface area (Å²) in [6.45, 7) is 0.890. The van der Waals surface area contributed by atoms with Crippen molar-refractivity contribution in [1.82, 2.24) is 4.90 Å². The van der Waals surface area contributed by atoms with Gasteiger partial charge < -0.3 is 15.5 Å². The van der Waals surface area contributed by atoms with Gasteiger partial charge in [-0.3, -0.25) is 4.79 Å². The molecule has 120 valence electrons. The van der Waals surface area contributed by atoms with E-state index in [4.69, 9.17) is 5.73 Å². The molecule has 0 aromatic heterocycles. The number of aliphatic imine (C=N–C) groups is 1. The van der Waals surface area contributed by atoms with Crippen LogP contribution < -0.4 is 10.6 Å². The van der Waals surface area contributed by atoms with Crippen molar-refractivity contribution in [1.29, 1.82) is 0 Å². The summed E-state index contributed by atoms with van der Waals surface area (Å²) in [5.74, 6) is 0.491. The Hall–Kier alpha value is -1.31. The Kier molecular flexibility index (Phi) is 5.66. The largest absolute Gasteiger partial charge is 0.370 e. The van der Waals surface area contributed by atoms with Crippen LogP contribution in [0.15, 0.2) is 29.3 Å². The second-order valence-corrected chi connectivity index (χ2v) is 5.79. The molecule has 6 heteroatoms. The number of rotatable bonds is 3. The molecule has 0 radical (unpaired) electrons. The van der Waals surface area contributed by atoms with Crippen LogP contribution in [-0.2, 0) is 11.2 Å². The number of aryl methyl sites for hydroxylation is 1. The van der Waals surface area contributed by atoms with Gasteiger partial charge in [0.1, 0.15) is 6.54 Å². The van der Waals surface area contributed by atoms with Crippen molar-refractivity contribution < 1.29 is 4.79 Å². The number of nitrogens with two attached hydrogens (primary N) is 1. The minimum absolute atomic E-state index is 0. The Morgan fingerprint density at radius 1 is 1.41 bits per heavy atom. The molecule has 1 aliphatic carbocycles. The van der Waals surface area contributed by atoms with Crippen molar-refractivity contribution in [3.63, 3.8) is 0 Å². The van der Waals surface area contributed by atoms with Gasteiger partial charge in [-0.25, -0.2) is 4.99 Å². The molecule has 3 rings (SSSR count). The lowest BCUT2D eigenvalue weighted by Crippen LogP contribution is -2.39. The van der Waals surface area contributed by atoms with Gasteiger partial charge in [0.25, 0.3) is 0 Å². The van der Waals surface area contributed by atoms with Crippen LogP contribution in [0.3, 0.4) is 0 Å². The zero-order chi connectivity index (χ0) is 14.8. The Morgan fingerprint density at radius 3 is 2.86 bits per heavy atom. The standard InChI is InChI=1S/C16H22N4O.HI/c1-19(13-8-9-13)16(17)18-11-15(21)20-10-4-6-12-5-2-3-7-14(12)20;/h2-3,5,7,13H,4,6,8-11H2,1H3,(H2,17,18);1H. The van der Waals surface area contributed by atoms with Crippen LogP contribution in [0.2, 0.25) is 0 Å². The SMILES string of the molecule is CN(C(N)=NCC(=O)N1CCCc2ccccc21)C1CC1.I. The van der Waals surface area contributed by atoms with E-state index in [2.05, 4.69) is 11.1 Å². The van der Waals surface area contributed by atoms with Gasteiger partial charge in [-0.15, -0.1) is 24.0 Å². The number of carbonyl (C=O) groups is 1. The van der Waals surface area contributed by atoms with Crippen molar-refractivity contribution in [2.24, 2.45) is 10.7 Å². The molecule has 2 N–H and O–H groups in total. The van der Waals surface area contributed by atoms with Crippen LogP contribution >= 0.6 is 24.0 Å². The number of benzene rings is 1. The lowest BCUT2D eigenvalue weighted by Gasteiger charge is -2.29. The van der Waals surface area contributed by atoms with E-state index in [0.29, 0.717) is 12.0 Å². The van der Waals surface area contributed by atoms with Gasteiger partial charge in [0.15, 0.2) is 5.96 Å². The third-order valence-electron chi connectivity index (χ3n) is 4.24. The number of anilines is 1. The molecule has 1 aliphatic heterocycles. The molecule has 0 saturated heterocycles. The molecule has 1 aromatic carbocycles. The summed E-state index contributed by atoms with van der Waals surface area (Å²) in [4.78, 5) is 20.5. The minimum atomic E-state index is 0. The van der Waals surface area contributed by atoms with E-state index in [1.54, 1.807) is 0 Å². The van der Waals surface area contributed by atoms with Crippen molar-refractivity contribution in [3.8, 4) is 0 Å². The predicted molar refractivity (Wildman–Crippen MR) is 99.8 cm³/mol. The number of hydrogen-bond acceptors (Lipinski definition) is 2. The Balaban J connectivity index is 0.00000176. The number of fused-ring (bicyclic) bond motifs is 1. The molecular formula is C16H23IN4O. The maximum absolute atomic E-state index is 12.4. The van der Waals surface area contributed by atoms with Gasteiger partial charge in [-0.2, -0.15) is 0 Å². The van der Waals surface area contributed by atoms with E-state index in [-0.39, 0.29) is 36.4 Å². The lowest BCUT2D eigenvalue weighted by molar-refractivity contribution is -0.117.